The molecule has 26 heavy (non-hydrogen) atoms. The molecule has 0 bridgehead atoms. The van der Waals surface area contributed by atoms with Crippen LogP contribution in [0.3, 0.4) is 0 Å². The van der Waals surface area contributed by atoms with Crippen molar-refractivity contribution < 1.29 is 18.0 Å². The van der Waals surface area contributed by atoms with Crippen molar-refractivity contribution in [1.29, 1.82) is 0 Å². The van der Waals surface area contributed by atoms with Crippen molar-refractivity contribution in [2.24, 2.45) is 0 Å². The number of carbonyl (C=O) groups excluding carboxylic acids is 2. The van der Waals surface area contributed by atoms with Gasteiger partial charge in [0.05, 0.1) is 11.5 Å². The number of likely N-dealkylation sites (tertiary alicyclic amines) is 1. The molecule has 2 amide bonds. The molecule has 1 aromatic carbocycles. The van der Waals surface area contributed by atoms with Crippen LogP contribution in [0.1, 0.15) is 29.6 Å². The normalized spacial score (nSPS) is 24.7. The molecule has 2 fully saturated rings. The molecule has 0 aromatic heterocycles. The van der Waals surface area contributed by atoms with E-state index in [-0.39, 0.29) is 29.4 Å². The fraction of sp³-hybridized carbons (Fsp3) is 0.529. The second kappa shape index (κ2) is 7.37. The minimum absolute atomic E-state index is 0.0141. The van der Waals surface area contributed by atoms with Gasteiger partial charge < -0.3 is 9.80 Å². The highest BCUT2D eigenvalue weighted by atomic mass is 35.5. The highest BCUT2D eigenvalue weighted by Gasteiger charge is 2.40. The quantitative estimate of drug-likeness (QED) is 0.753. The lowest BCUT2D eigenvalue weighted by atomic mass is 10.1. The molecule has 2 heterocycles. The highest BCUT2D eigenvalue weighted by Crippen LogP contribution is 2.26. The van der Waals surface area contributed by atoms with Crippen molar-refractivity contribution in [3.63, 3.8) is 0 Å². The standard InChI is InChI=1S/C17H20Cl2N2O4S/c1-20(14-4-6-26(24,25)10-14)17(23)15-3-2-5-21(15)16(22)11-7-12(18)9-13(19)8-11/h7-9,14-15H,2-6,10H2,1H3/t14-,15+/m0/s1. The van der Waals surface area contributed by atoms with Crippen LogP contribution in [-0.2, 0) is 14.6 Å². The summed E-state index contributed by atoms with van der Waals surface area (Å²) in [5.41, 5.74) is 0.341. The third-order valence-electron chi connectivity index (χ3n) is 5.01. The summed E-state index contributed by atoms with van der Waals surface area (Å²) in [5.74, 6) is -0.424. The first kappa shape index (κ1) is 19.5. The average Bonchev–Trinajstić information content (AvgIpc) is 3.18. The second-order valence-corrected chi connectivity index (χ2v) is 9.92. The maximum Gasteiger partial charge on any atom is 0.254 e. The summed E-state index contributed by atoms with van der Waals surface area (Å²) < 4.78 is 23.4. The number of hydrogen-bond acceptors (Lipinski definition) is 4. The number of nitrogens with zero attached hydrogens (tertiary/aromatic N) is 2. The van der Waals surface area contributed by atoms with Gasteiger partial charge in [-0.15, -0.1) is 0 Å². The number of amides is 2. The molecule has 2 aliphatic heterocycles. The van der Waals surface area contributed by atoms with E-state index < -0.39 is 15.9 Å². The van der Waals surface area contributed by atoms with Crippen LogP contribution in [0, 0.1) is 0 Å². The Kier molecular flexibility index (Phi) is 5.51. The Hall–Kier alpha value is -1.31. The number of benzene rings is 1. The van der Waals surface area contributed by atoms with Gasteiger partial charge in [-0.1, -0.05) is 23.2 Å². The first-order valence-corrected chi connectivity index (χ1v) is 11.0. The lowest BCUT2D eigenvalue weighted by molar-refractivity contribution is -0.135. The van der Waals surface area contributed by atoms with Gasteiger partial charge in [0.1, 0.15) is 6.04 Å². The number of sulfone groups is 1. The number of carbonyl (C=O) groups is 2. The Bertz CT molecular complexity index is 823. The third-order valence-corrected chi connectivity index (χ3v) is 7.20. The summed E-state index contributed by atoms with van der Waals surface area (Å²) in [7, 11) is -1.47. The second-order valence-electron chi connectivity index (χ2n) is 6.82. The van der Waals surface area contributed by atoms with Gasteiger partial charge in [-0.25, -0.2) is 8.42 Å². The fourth-order valence-electron chi connectivity index (χ4n) is 3.61. The highest BCUT2D eigenvalue weighted by molar-refractivity contribution is 7.91. The van der Waals surface area contributed by atoms with E-state index in [1.807, 2.05) is 0 Å². The van der Waals surface area contributed by atoms with Crippen LogP contribution in [0.25, 0.3) is 0 Å². The van der Waals surface area contributed by atoms with Crippen LogP contribution in [0.4, 0.5) is 0 Å². The summed E-state index contributed by atoms with van der Waals surface area (Å²) >= 11 is 12.0. The number of hydrogen-bond donors (Lipinski definition) is 0. The number of likely N-dealkylation sites (N-methyl/N-ethyl adjacent to an activating group) is 1. The lowest BCUT2D eigenvalue weighted by Crippen LogP contribution is -2.49. The van der Waals surface area contributed by atoms with Crippen LogP contribution >= 0.6 is 23.2 Å². The van der Waals surface area contributed by atoms with Crippen LogP contribution < -0.4 is 0 Å². The molecule has 0 unspecified atom stereocenters. The molecule has 2 atom stereocenters. The van der Waals surface area contributed by atoms with Gasteiger partial charge in [-0.3, -0.25) is 9.59 Å². The molecule has 0 aliphatic carbocycles. The van der Waals surface area contributed by atoms with Crippen molar-refractivity contribution in [2.75, 3.05) is 25.1 Å². The van der Waals surface area contributed by atoms with E-state index in [0.717, 1.165) is 0 Å². The smallest absolute Gasteiger partial charge is 0.254 e. The molecule has 0 N–H and O–H groups in total. The molecule has 0 spiro atoms. The van der Waals surface area contributed by atoms with E-state index in [0.29, 0.717) is 41.4 Å². The number of halogens is 2. The molecular weight excluding hydrogens is 399 g/mol. The first-order valence-electron chi connectivity index (χ1n) is 8.42. The predicted octanol–water partition coefficient (Wildman–Crippen LogP) is 2.24. The van der Waals surface area contributed by atoms with Gasteiger partial charge >= 0.3 is 0 Å². The van der Waals surface area contributed by atoms with Gasteiger partial charge in [-0.05, 0) is 37.5 Å². The summed E-state index contributed by atoms with van der Waals surface area (Å²) in [4.78, 5) is 28.8. The third kappa shape index (κ3) is 4.00. The van der Waals surface area contributed by atoms with Crippen molar-refractivity contribution in [2.45, 2.75) is 31.3 Å². The zero-order chi connectivity index (χ0) is 19.1. The largest absolute Gasteiger partial charge is 0.340 e. The fourth-order valence-corrected chi connectivity index (χ4v) is 5.91. The molecular formula is C17H20Cl2N2O4S. The van der Waals surface area contributed by atoms with E-state index in [2.05, 4.69) is 0 Å². The zero-order valence-corrected chi connectivity index (χ0v) is 16.6. The summed E-state index contributed by atoms with van der Waals surface area (Å²) in [5, 5.41) is 0.715. The molecule has 2 aliphatic rings. The summed E-state index contributed by atoms with van der Waals surface area (Å²) in [6.45, 7) is 0.468. The maximum absolute atomic E-state index is 12.9. The molecule has 1 aromatic rings. The first-order chi connectivity index (χ1) is 12.2. The van der Waals surface area contributed by atoms with E-state index in [4.69, 9.17) is 23.2 Å². The van der Waals surface area contributed by atoms with E-state index in [1.165, 1.54) is 21.9 Å². The van der Waals surface area contributed by atoms with E-state index >= 15 is 0 Å². The Morgan fingerprint density at radius 2 is 1.81 bits per heavy atom. The molecule has 9 heteroatoms. The minimum atomic E-state index is -3.08. The lowest BCUT2D eigenvalue weighted by Gasteiger charge is -2.31. The van der Waals surface area contributed by atoms with Crippen molar-refractivity contribution in [3.05, 3.63) is 33.8 Å². The van der Waals surface area contributed by atoms with Crippen LogP contribution in [-0.4, -0.2) is 67.2 Å². The maximum atomic E-state index is 12.9. The van der Waals surface area contributed by atoms with Gasteiger partial charge in [-0.2, -0.15) is 0 Å². The minimum Gasteiger partial charge on any atom is -0.340 e. The Balaban J connectivity index is 1.77. The SMILES string of the molecule is CN(C(=O)[C@H]1CCCN1C(=O)c1cc(Cl)cc(Cl)c1)[C@H]1CCS(=O)(=O)C1. The number of rotatable bonds is 3. The topological polar surface area (TPSA) is 74.8 Å². The zero-order valence-electron chi connectivity index (χ0n) is 14.3. The Labute approximate surface area is 163 Å². The Morgan fingerprint density at radius 1 is 1.15 bits per heavy atom. The van der Waals surface area contributed by atoms with Gasteiger partial charge in [0.15, 0.2) is 9.84 Å². The van der Waals surface area contributed by atoms with Crippen LogP contribution in [0.2, 0.25) is 10.0 Å². The molecule has 0 saturated carbocycles. The van der Waals surface area contributed by atoms with Gasteiger partial charge in [0.2, 0.25) is 5.91 Å². The average molecular weight is 419 g/mol. The predicted molar refractivity (Wildman–Crippen MR) is 100 cm³/mol. The molecule has 3 rings (SSSR count). The molecule has 2 saturated heterocycles. The van der Waals surface area contributed by atoms with Crippen molar-refractivity contribution in [1.82, 2.24) is 9.80 Å². The molecule has 6 nitrogen and oxygen atoms in total. The summed E-state index contributed by atoms with van der Waals surface area (Å²) in [6, 6.07) is 3.69. The van der Waals surface area contributed by atoms with Gasteiger partial charge in [0, 0.05) is 35.2 Å². The van der Waals surface area contributed by atoms with Crippen molar-refractivity contribution in [3.8, 4) is 0 Å². The van der Waals surface area contributed by atoms with Crippen molar-refractivity contribution >= 4 is 44.9 Å². The van der Waals surface area contributed by atoms with Gasteiger partial charge in [0.25, 0.3) is 5.91 Å². The van der Waals surface area contributed by atoms with Crippen LogP contribution in [0.15, 0.2) is 18.2 Å². The molecule has 142 valence electrons. The monoisotopic (exact) mass is 418 g/mol. The Morgan fingerprint density at radius 3 is 2.38 bits per heavy atom. The van der Waals surface area contributed by atoms with E-state index in [9.17, 15) is 18.0 Å². The summed E-state index contributed by atoms with van der Waals surface area (Å²) in [6.07, 6.45) is 1.71. The van der Waals surface area contributed by atoms with E-state index in [1.54, 1.807) is 13.1 Å². The van der Waals surface area contributed by atoms with Crippen LogP contribution in [0.5, 0.6) is 0 Å². The molecule has 0 radical (unpaired) electrons.